The van der Waals surface area contributed by atoms with Gasteiger partial charge in [-0.3, -0.25) is 0 Å². The van der Waals surface area contributed by atoms with Crippen molar-refractivity contribution in [2.24, 2.45) is 5.92 Å². The minimum atomic E-state index is 0.284. The van der Waals surface area contributed by atoms with E-state index in [2.05, 4.69) is 14.9 Å². The largest absolute Gasteiger partial charge is 0.396 e. The lowest BCUT2D eigenvalue weighted by molar-refractivity contribution is 0.208. The first-order chi connectivity index (χ1) is 10.4. The Morgan fingerprint density at radius 2 is 2.14 bits per heavy atom. The lowest BCUT2D eigenvalue weighted by atomic mass is 9.95. The fourth-order valence-electron chi connectivity index (χ4n) is 3.72. The zero-order chi connectivity index (χ0) is 14.2. The van der Waals surface area contributed by atoms with E-state index in [4.69, 9.17) is 0 Å². The molecule has 1 aliphatic heterocycles. The van der Waals surface area contributed by atoms with Crippen LogP contribution < -0.4 is 4.90 Å². The number of aromatic nitrogens is 2. The molecule has 1 saturated heterocycles. The zero-order valence-corrected chi connectivity index (χ0v) is 13.0. The number of piperidine rings is 1. The summed E-state index contributed by atoms with van der Waals surface area (Å²) in [5, 5.41) is 10.8. The van der Waals surface area contributed by atoms with Gasteiger partial charge in [-0.2, -0.15) is 0 Å². The van der Waals surface area contributed by atoms with Crippen molar-refractivity contribution < 1.29 is 5.11 Å². The van der Waals surface area contributed by atoms with Crippen LogP contribution in [0.5, 0.6) is 0 Å². The van der Waals surface area contributed by atoms with Gasteiger partial charge in [-0.1, -0.05) is 0 Å². The molecule has 0 bridgehead atoms. The fourth-order valence-corrected chi connectivity index (χ4v) is 4.94. The molecule has 4 nitrogen and oxygen atoms in total. The Labute approximate surface area is 128 Å². The Hall–Kier alpha value is -1.20. The first-order valence-electron chi connectivity index (χ1n) is 7.98. The summed E-state index contributed by atoms with van der Waals surface area (Å²) in [7, 11) is 0. The molecule has 0 spiro atoms. The van der Waals surface area contributed by atoms with Crippen molar-refractivity contribution in [3.63, 3.8) is 0 Å². The molecule has 2 aromatic heterocycles. The van der Waals surface area contributed by atoms with Crippen molar-refractivity contribution in [3.05, 3.63) is 16.8 Å². The summed E-state index contributed by atoms with van der Waals surface area (Å²) in [5.74, 6) is 1.50. The van der Waals surface area contributed by atoms with Gasteiger partial charge in [0, 0.05) is 24.6 Å². The van der Waals surface area contributed by atoms with Crippen molar-refractivity contribution in [2.75, 3.05) is 24.6 Å². The molecule has 2 aromatic rings. The summed E-state index contributed by atoms with van der Waals surface area (Å²) in [6.07, 6.45) is 8.95. The molecule has 0 aromatic carbocycles. The topological polar surface area (TPSA) is 49.2 Å². The molecule has 1 atom stereocenters. The summed E-state index contributed by atoms with van der Waals surface area (Å²) in [6, 6.07) is 0. The molecule has 112 valence electrons. The molecule has 1 N–H and O–H groups in total. The third-order valence-corrected chi connectivity index (χ3v) is 6.01. The number of aliphatic hydroxyl groups excluding tert-OH is 1. The Morgan fingerprint density at radius 1 is 1.24 bits per heavy atom. The van der Waals surface area contributed by atoms with Crippen LogP contribution in [0, 0.1) is 5.92 Å². The quantitative estimate of drug-likeness (QED) is 0.927. The normalized spacial score (nSPS) is 22.5. The van der Waals surface area contributed by atoms with Crippen LogP contribution in [0.25, 0.3) is 10.2 Å². The minimum absolute atomic E-state index is 0.284. The van der Waals surface area contributed by atoms with E-state index in [1.165, 1.54) is 41.5 Å². The predicted molar refractivity (Wildman–Crippen MR) is 86.1 cm³/mol. The van der Waals surface area contributed by atoms with Gasteiger partial charge in [0.1, 0.15) is 17.0 Å². The van der Waals surface area contributed by atoms with Gasteiger partial charge in [-0.15, -0.1) is 11.3 Å². The van der Waals surface area contributed by atoms with E-state index >= 15 is 0 Å². The van der Waals surface area contributed by atoms with E-state index in [-0.39, 0.29) is 6.61 Å². The number of hydrogen-bond acceptors (Lipinski definition) is 5. The van der Waals surface area contributed by atoms with Crippen LogP contribution in [0.1, 0.15) is 36.1 Å². The predicted octanol–water partition coefficient (Wildman–Crippen LogP) is 2.78. The average molecular weight is 303 g/mol. The highest BCUT2D eigenvalue weighted by molar-refractivity contribution is 7.19. The molecule has 0 amide bonds. The maximum atomic E-state index is 9.46. The van der Waals surface area contributed by atoms with E-state index in [9.17, 15) is 5.11 Å². The average Bonchev–Trinajstić information content (AvgIpc) is 2.93. The molecular weight excluding hydrogens is 282 g/mol. The van der Waals surface area contributed by atoms with Crippen molar-refractivity contribution in [1.82, 2.24) is 9.97 Å². The number of rotatable bonds is 2. The zero-order valence-electron chi connectivity index (χ0n) is 12.2. The van der Waals surface area contributed by atoms with Gasteiger partial charge in [0.15, 0.2) is 0 Å². The van der Waals surface area contributed by atoms with E-state index in [0.29, 0.717) is 5.92 Å². The third-order valence-electron chi connectivity index (χ3n) is 4.81. The molecule has 0 unspecified atom stereocenters. The van der Waals surface area contributed by atoms with E-state index in [1.807, 2.05) is 11.3 Å². The van der Waals surface area contributed by atoms with E-state index in [1.54, 1.807) is 6.33 Å². The molecule has 4 rings (SSSR count). The second kappa shape index (κ2) is 5.54. The van der Waals surface area contributed by atoms with Gasteiger partial charge in [0.05, 0.1) is 5.39 Å². The number of aliphatic hydroxyl groups is 1. The number of fused-ring (bicyclic) bond motifs is 3. The molecular formula is C16H21N3OS. The van der Waals surface area contributed by atoms with Crippen LogP contribution in [-0.4, -0.2) is 34.8 Å². The minimum Gasteiger partial charge on any atom is -0.396 e. The number of nitrogens with zero attached hydrogens (tertiary/aromatic N) is 3. The highest BCUT2D eigenvalue weighted by Gasteiger charge is 2.25. The molecule has 5 heteroatoms. The van der Waals surface area contributed by atoms with Crippen molar-refractivity contribution in [2.45, 2.75) is 38.5 Å². The SMILES string of the molecule is OC[C@H]1CCCN(c2ncnc3sc4c(c23)CCCC4)C1. The Balaban J connectivity index is 1.79. The number of hydrogen-bond donors (Lipinski definition) is 1. The van der Waals surface area contributed by atoms with Crippen LogP contribution in [0.2, 0.25) is 0 Å². The van der Waals surface area contributed by atoms with Gasteiger partial charge in [0.2, 0.25) is 0 Å². The Morgan fingerprint density at radius 3 is 3.05 bits per heavy atom. The molecule has 0 radical (unpaired) electrons. The van der Waals surface area contributed by atoms with Crippen LogP contribution in [-0.2, 0) is 12.8 Å². The number of aryl methyl sites for hydroxylation is 2. The van der Waals surface area contributed by atoms with Crippen LogP contribution >= 0.6 is 11.3 Å². The monoisotopic (exact) mass is 303 g/mol. The standard InChI is InChI=1S/C16H21N3OS/c20-9-11-4-3-7-19(8-11)15-14-12-5-1-2-6-13(12)21-16(14)18-10-17-15/h10-11,20H,1-9H2/t11-/m0/s1. The second-order valence-electron chi connectivity index (χ2n) is 6.23. The first-order valence-corrected chi connectivity index (χ1v) is 8.79. The molecule has 0 saturated carbocycles. The highest BCUT2D eigenvalue weighted by Crippen LogP contribution is 2.39. The number of thiophene rings is 1. The summed E-state index contributed by atoms with van der Waals surface area (Å²) >= 11 is 1.86. The van der Waals surface area contributed by atoms with Gasteiger partial charge in [0.25, 0.3) is 0 Å². The summed E-state index contributed by atoms with van der Waals surface area (Å²) < 4.78 is 0. The fraction of sp³-hybridized carbons (Fsp3) is 0.625. The molecule has 3 heterocycles. The second-order valence-corrected chi connectivity index (χ2v) is 7.31. The van der Waals surface area contributed by atoms with Crippen molar-refractivity contribution in [1.29, 1.82) is 0 Å². The van der Waals surface area contributed by atoms with E-state index < -0.39 is 0 Å². The van der Waals surface area contributed by atoms with Crippen LogP contribution in [0.3, 0.4) is 0 Å². The van der Waals surface area contributed by atoms with Crippen LogP contribution in [0.15, 0.2) is 6.33 Å². The van der Waals surface area contributed by atoms with Gasteiger partial charge in [-0.25, -0.2) is 9.97 Å². The lowest BCUT2D eigenvalue weighted by Gasteiger charge is -2.33. The Kier molecular flexibility index (Phi) is 3.55. The maximum Gasteiger partial charge on any atom is 0.141 e. The molecule has 2 aliphatic rings. The lowest BCUT2D eigenvalue weighted by Crippen LogP contribution is -2.37. The summed E-state index contributed by atoms with van der Waals surface area (Å²) in [5.41, 5.74) is 1.50. The smallest absolute Gasteiger partial charge is 0.141 e. The van der Waals surface area contributed by atoms with Crippen molar-refractivity contribution >= 4 is 27.4 Å². The van der Waals surface area contributed by atoms with E-state index in [0.717, 1.165) is 36.6 Å². The molecule has 1 fully saturated rings. The molecule has 1 aliphatic carbocycles. The Bertz CT molecular complexity index is 654. The van der Waals surface area contributed by atoms with Crippen LogP contribution in [0.4, 0.5) is 5.82 Å². The first kappa shape index (κ1) is 13.5. The number of anilines is 1. The van der Waals surface area contributed by atoms with Gasteiger partial charge >= 0.3 is 0 Å². The van der Waals surface area contributed by atoms with Crippen molar-refractivity contribution in [3.8, 4) is 0 Å². The third kappa shape index (κ3) is 2.32. The van der Waals surface area contributed by atoms with Gasteiger partial charge < -0.3 is 10.0 Å². The summed E-state index contributed by atoms with van der Waals surface area (Å²) in [6.45, 7) is 2.26. The summed E-state index contributed by atoms with van der Waals surface area (Å²) in [4.78, 5) is 14.2. The highest BCUT2D eigenvalue weighted by atomic mass is 32.1. The molecule has 21 heavy (non-hydrogen) atoms. The maximum absolute atomic E-state index is 9.46. The van der Waals surface area contributed by atoms with Gasteiger partial charge in [-0.05, 0) is 50.0 Å².